The quantitative estimate of drug-likeness (QED) is 0.448. The maximum atomic E-state index is 12.5. The molecule has 11 heteroatoms. The second-order valence-corrected chi connectivity index (χ2v) is 7.62. The highest BCUT2D eigenvalue weighted by atomic mass is 32.2. The molecule has 160 valence electrons. The number of anilines is 3. The van der Waals surface area contributed by atoms with E-state index in [1.54, 1.807) is 41.6 Å². The number of furan rings is 1. The minimum Gasteiger partial charge on any atom is -0.446 e. The molecule has 0 saturated heterocycles. The monoisotopic (exact) mass is 447 g/mol. The number of benzene rings is 2. The van der Waals surface area contributed by atoms with Gasteiger partial charge in [-0.15, -0.1) is 0 Å². The number of thioether (sulfide) groups is 1. The Bertz CT molecular complexity index is 1110. The van der Waals surface area contributed by atoms with Crippen LogP contribution in [0.1, 0.15) is 11.7 Å². The maximum Gasteiger partial charge on any atom is 0.446 e. The second kappa shape index (κ2) is 8.36. The fourth-order valence-electron chi connectivity index (χ4n) is 2.99. The van der Waals surface area contributed by atoms with Crippen LogP contribution in [-0.4, -0.2) is 17.9 Å². The molecule has 0 bridgehead atoms. The predicted molar refractivity (Wildman–Crippen MR) is 114 cm³/mol. The van der Waals surface area contributed by atoms with E-state index in [0.29, 0.717) is 11.6 Å². The van der Waals surface area contributed by atoms with Crippen LogP contribution >= 0.6 is 11.8 Å². The molecule has 0 aliphatic carbocycles. The first-order valence-electron chi connectivity index (χ1n) is 8.98. The molecule has 1 aromatic heterocycles. The van der Waals surface area contributed by atoms with Gasteiger partial charge in [0, 0.05) is 22.0 Å². The number of alkyl halides is 3. The Balaban J connectivity index is 1.38. The van der Waals surface area contributed by atoms with Crippen LogP contribution in [0.2, 0.25) is 0 Å². The molecule has 1 atom stereocenters. The summed E-state index contributed by atoms with van der Waals surface area (Å²) < 4.78 is 42.8. The van der Waals surface area contributed by atoms with Crippen LogP contribution in [0, 0.1) is 0 Å². The average Bonchev–Trinajstić information content (AvgIpc) is 3.18. The smallest absolute Gasteiger partial charge is 0.446 e. The van der Waals surface area contributed by atoms with Gasteiger partial charge in [-0.3, -0.25) is 0 Å². The SMILES string of the molecule is NC1c2ccoc2N=CN1c1ccc(NC(=O)Nc2cccc(SC(F)(F)F)c2)cc1. The van der Waals surface area contributed by atoms with Crippen molar-refractivity contribution in [3.8, 4) is 0 Å². The zero-order valence-electron chi connectivity index (χ0n) is 15.8. The summed E-state index contributed by atoms with van der Waals surface area (Å²) in [6.07, 6.45) is 2.63. The van der Waals surface area contributed by atoms with Gasteiger partial charge in [-0.25, -0.2) is 9.79 Å². The zero-order chi connectivity index (χ0) is 22.0. The summed E-state index contributed by atoms with van der Waals surface area (Å²) in [4.78, 5) is 18.2. The minimum atomic E-state index is -4.40. The number of fused-ring (bicyclic) bond motifs is 1. The number of aliphatic imine (C=N–C) groups is 1. The molecule has 31 heavy (non-hydrogen) atoms. The van der Waals surface area contributed by atoms with Crippen LogP contribution in [0.5, 0.6) is 0 Å². The first-order valence-corrected chi connectivity index (χ1v) is 9.79. The number of nitrogens with one attached hydrogen (secondary N) is 2. The highest BCUT2D eigenvalue weighted by Crippen LogP contribution is 2.37. The fourth-order valence-corrected chi connectivity index (χ4v) is 3.59. The van der Waals surface area contributed by atoms with Crippen molar-refractivity contribution < 1.29 is 22.4 Å². The fraction of sp³-hybridized carbons (Fsp3) is 0.100. The lowest BCUT2D eigenvalue weighted by Gasteiger charge is -2.29. The lowest BCUT2D eigenvalue weighted by atomic mass is 10.2. The summed E-state index contributed by atoms with van der Waals surface area (Å²) >= 11 is -0.245. The molecule has 2 aromatic carbocycles. The Hall–Kier alpha value is -3.44. The zero-order valence-corrected chi connectivity index (χ0v) is 16.6. The largest absolute Gasteiger partial charge is 0.446 e. The molecule has 3 aromatic rings. The van der Waals surface area contributed by atoms with Gasteiger partial charge in [0.05, 0.1) is 11.8 Å². The van der Waals surface area contributed by atoms with Crippen molar-refractivity contribution in [2.24, 2.45) is 10.7 Å². The van der Waals surface area contributed by atoms with Gasteiger partial charge in [0.25, 0.3) is 0 Å². The van der Waals surface area contributed by atoms with Crippen LogP contribution in [0.25, 0.3) is 0 Å². The highest BCUT2D eigenvalue weighted by Gasteiger charge is 2.29. The van der Waals surface area contributed by atoms with E-state index in [9.17, 15) is 18.0 Å². The van der Waals surface area contributed by atoms with E-state index in [0.717, 1.165) is 11.3 Å². The molecular weight excluding hydrogens is 431 g/mol. The molecule has 0 spiro atoms. The minimum absolute atomic E-state index is 0.0185. The standard InChI is InChI=1S/C20H16F3N5O2S/c21-20(22,23)31-15-3-1-2-13(10-15)27-19(29)26-12-4-6-14(7-5-12)28-11-25-18-16(17(28)24)8-9-30-18/h1-11,17H,24H2,(H2,26,27,29). The molecule has 1 aliphatic rings. The number of amides is 2. The summed E-state index contributed by atoms with van der Waals surface area (Å²) in [5, 5.41) is 5.15. The maximum absolute atomic E-state index is 12.5. The van der Waals surface area contributed by atoms with Crippen molar-refractivity contribution in [3.05, 3.63) is 66.4 Å². The molecule has 2 amide bonds. The van der Waals surface area contributed by atoms with Gasteiger partial charge < -0.3 is 25.7 Å². The van der Waals surface area contributed by atoms with Crippen molar-refractivity contribution >= 4 is 47.1 Å². The van der Waals surface area contributed by atoms with Crippen molar-refractivity contribution in [2.75, 3.05) is 15.5 Å². The predicted octanol–water partition coefficient (Wildman–Crippen LogP) is 5.67. The summed E-state index contributed by atoms with van der Waals surface area (Å²) in [5.41, 5.74) is 4.10. The van der Waals surface area contributed by atoms with Gasteiger partial charge in [0.15, 0.2) is 0 Å². The molecule has 0 fully saturated rings. The third-order valence-electron chi connectivity index (χ3n) is 4.34. The van der Waals surface area contributed by atoms with Crippen LogP contribution in [0.4, 0.5) is 40.9 Å². The Morgan fingerprint density at radius 1 is 1.10 bits per heavy atom. The number of carbonyl (C=O) groups excluding carboxylic acids is 1. The summed E-state index contributed by atoms with van der Waals surface area (Å²) in [5.74, 6) is 0.469. The van der Waals surface area contributed by atoms with Gasteiger partial charge in [0.1, 0.15) is 12.5 Å². The first kappa shape index (κ1) is 20.8. The van der Waals surface area contributed by atoms with E-state index in [2.05, 4.69) is 15.6 Å². The number of rotatable bonds is 4. The second-order valence-electron chi connectivity index (χ2n) is 6.48. The molecule has 4 rings (SSSR count). The van der Waals surface area contributed by atoms with Crippen molar-refractivity contribution in [3.63, 3.8) is 0 Å². The average molecular weight is 447 g/mol. The number of nitrogens with two attached hydrogens (primary N) is 1. The van der Waals surface area contributed by atoms with Crippen LogP contribution < -0.4 is 21.3 Å². The van der Waals surface area contributed by atoms with E-state index in [1.807, 2.05) is 0 Å². The molecule has 1 unspecified atom stereocenters. The molecule has 0 saturated carbocycles. The Morgan fingerprint density at radius 2 is 1.84 bits per heavy atom. The summed E-state index contributed by atoms with van der Waals surface area (Å²) in [7, 11) is 0. The van der Waals surface area contributed by atoms with Crippen molar-refractivity contribution in [1.82, 2.24) is 0 Å². The van der Waals surface area contributed by atoms with Gasteiger partial charge >= 0.3 is 11.5 Å². The third kappa shape index (κ3) is 5.01. The Kier molecular flexibility index (Phi) is 5.61. The lowest BCUT2D eigenvalue weighted by molar-refractivity contribution is -0.0328. The molecule has 1 aliphatic heterocycles. The van der Waals surface area contributed by atoms with E-state index in [1.165, 1.54) is 30.5 Å². The van der Waals surface area contributed by atoms with E-state index >= 15 is 0 Å². The third-order valence-corrected chi connectivity index (χ3v) is 5.06. The van der Waals surface area contributed by atoms with Crippen LogP contribution in [-0.2, 0) is 0 Å². The van der Waals surface area contributed by atoms with E-state index < -0.39 is 17.7 Å². The van der Waals surface area contributed by atoms with E-state index in [4.69, 9.17) is 10.2 Å². The molecule has 0 radical (unpaired) electrons. The Labute approximate surface area is 179 Å². The highest BCUT2D eigenvalue weighted by molar-refractivity contribution is 8.00. The normalized spacial score (nSPS) is 15.5. The number of halogens is 3. The van der Waals surface area contributed by atoms with Crippen molar-refractivity contribution in [1.29, 1.82) is 0 Å². The van der Waals surface area contributed by atoms with Gasteiger partial charge in [-0.1, -0.05) is 6.07 Å². The van der Waals surface area contributed by atoms with Crippen LogP contribution in [0.15, 0.2) is 75.2 Å². The summed E-state index contributed by atoms with van der Waals surface area (Å²) in [6.45, 7) is 0. The topological polar surface area (TPSA) is 95.9 Å². The Morgan fingerprint density at radius 3 is 2.58 bits per heavy atom. The molecule has 4 N–H and O–H groups in total. The van der Waals surface area contributed by atoms with Crippen LogP contribution in [0.3, 0.4) is 0 Å². The van der Waals surface area contributed by atoms with Gasteiger partial charge in [0.2, 0.25) is 5.88 Å². The first-order chi connectivity index (χ1) is 14.8. The van der Waals surface area contributed by atoms with Gasteiger partial charge in [-0.2, -0.15) is 13.2 Å². The van der Waals surface area contributed by atoms with E-state index in [-0.39, 0.29) is 22.3 Å². The molecule has 7 nitrogen and oxygen atoms in total. The number of urea groups is 1. The lowest BCUT2D eigenvalue weighted by Crippen LogP contribution is -2.35. The van der Waals surface area contributed by atoms with Crippen molar-refractivity contribution in [2.45, 2.75) is 16.6 Å². The number of nitrogens with zero attached hydrogens (tertiary/aromatic N) is 2. The molecular formula is C20H16F3N5O2S. The molecule has 2 heterocycles. The number of carbonyl (C=O) groups is 1. The summed E-state index contributed by atoms with van der Waals surface area (Å²) in [6, 6.07) is 13.6. The number of hydrogen-bond acceptors (Lipinski definition) is 6. The number of hydrogen-bond donors (Lipinski definition) is 3. The van der Waals surface area contributed by atoms with Gasteiger partial charge in [-0.05, 0) is 60.3 Å².